The molecular weight excluding hydrogens is 264 g/mol. The molecule has 1 heterocycles. The zero-order valence-electron chi connectivity index (χ0n) is 12.6. The Hall–Kier alpha value is -2.14. The summed E-state index contributed by atoms with van der Waals surface area (Å²) in [6.45, 7) is 6.80. The normalized spacial score (nSPS) is 10.4. The van der Waals surface area contributed by atoms with Crippen LogP contribution in [-0.4, -0.2) is 23.1 Å². The van der Waals surface area contributed by atoms with Gasteiger partial charge in [0.15, 0.2) is 0 Å². The van der Waals surface area contributed by atoms with Crippen LogP contribution in [0.5, 0.6) is 5.88 Å². The van der Waals surface area contributed by atoms with Crippen LogP contribution < -0.4 is 15.4 Å². The summed E-state index contributed by atoms with van der Waals surface area (Å²) in [5.74, 6) is 1.47. The third-order valence-corrected chi connectivity index (χ3v) is 3.32. The molecule has 2 aromatic rings. The number of nitrogens with two attached hydrogens (primary N) is 1. The van der Waals surface area contributed by atoms with Crippen molar-refractivity contribution >= 4 is 5.82 Å². The van der Waals surface area contributed by atoms with Crippen LogP contribution in [0.4, 0.5) is 5.82 Å². The first-order valence-electron chi connectivity index (χ1n) is 7.25. The van der Waals surface area contributed by atoms with Gasteiger partial charge in [-0.15, -0.1) is 0 Å². The molecular formula is C16H22N4O. The van der Waals surface area contributed by atoms with Crippen LogP contribution >= 0.6 is 0 Å². The van der Waals surface area contributed by atoms with E-state index in [0.29, 0.717) is 19.0 Å². The summed E-state index contributed by atoms with van der Waals surface area (Å²) in [5.41, 5.74) is 8.19. The number of rotatable bonds is 7. The molecule has 5 heteroatoms. The molecule has 1 aromatic carbocycles. The summed E-state index contributed by atoms with van der Waals surface area (Å²) in [7, 11) is 0. The molecule has 0 saturated heterocycles. The Bertz CT molecular complexity index is 574. The molecule has 112 valence electrons. The molecule has 0 atom stereocenters. The van der Waals surface area contributed by atoms with E-state index >= 15 is 0 Å². The number of anilines is 1. The van der Waals surface area contributed by atoms with Crippen molar-refractivity contribution in [3.05, 3.63) is 47.8 Å². The Kier molecular flexibility index (Phi) is 5.51. The highest BCUT2D eigenvalue weighted by Crippen LogP contribution is 2.19. The molecule has 0 aliphatic carbocycles. The molecule has 5 nitrogen and oxygen atoms in total. The van der Waals surface area contributed by atoms with Crippen molar-refractivity contribution in [1.29, 1.82) is 0 Å². The smallest absolute Gasteiger partial charge is 0.218 e. The van der Waals surface area contributed by atoms with Gasteiger partial charge in [0.05, 0.1) is 6.61 Å². The highest BCUT2D eigenvalue weighted by atomic mass is 16.5. The first kappa shape index (κ1) is 15.3. The maximum absolute atomic E-state index is 5.81. The van der Waals surface area contributed by atoms with Crippen molar-refractivity contribution in [2.45, 2.75) is 26.9 Å². The first-order chi connectivity index (χ1) is 10.3. The Morgan fingerprint density at radius 2 is 1.90 bits per heavy atom. The second-order valence-electron chi connectivity index (χ2n) is 4.63. The Morgan fingerprint density at radius 3 is 2.57 bits per heavy atom. The zero-order valence-corrected chi connectivity index (χ0v) is 12.6. The minimum absolute atomic E-state index is 0.543. The molecule has 0 unspecified atom stereocenters. The van der Waals surface area contributed by atoms with E-state index in [1.54, 1.807) is 0 Å². The van der Waals surface area contributed by atoms with Gasteiger partial charge in [-0.3, -0.25) is 0 Å². The van der Waals surface area contributed by atoms with Crippen LogP contribution in [0.2, 0.25) is 0 Å². The second-order valence-corrected chi connectivity index (χ2v) is 4.63. The highest BCUT2D eigenvalue weighted by Gasteiger charge is 2.10. The molecule has 0 saturated carbocycles. The van der Waals surface area contributed by atoms with E-state index in [9.17, 15) is 0 Å². The Labute approximate surface area is 125 Å². The second kappa shape index (κ2) is 7.59. The topological polar surface area (TPSA) is 64.3 Å². The van der Waals surface area contributed by atoms with Gasteiger partial charge < -0.3 is 15.4 Å². The van der Waals surface area contributed by atoms with Crippen LogP contribution in [0.15, 0.2) is 36.7 Å². The Morgan fingerprint density at radius 1 is 1.14 bits per heavy atom. The van der Waals surface area contributed by atoms with Gasteiger partial charge in [0, 0.05) is 25.7 Å². The predicted molar refractivity (Wildman–Crippen MR) is 84.3 cm³/mol. The average Bonchev–Trinajstić information content (AvgIpc) is 2.53. The molecule has 0 amide bonds. The molecule has 0 fully saturated rings. The van der Waals surface area contributed by atoms with Crippen molar-refractivity contribution in [1.82, 2.24) is 9.97 Å². The fourth-order valence-corrected chi connectivity index (χ4v) is 2.20. The van der Waals surface area contributed by atoms with E-state index in [2.05, 4.69) is 33.9 Å². The highest BCUT2D eigenvalue weighted by molar-refractivity contribution is 5.42. The van der Waals surface area contributed by atoms with E-state index in [-0.39, 0.29) is 0 Å². The molecule has 2 rings (SSSR count). The van der Waals surface area contributed by atoms with E-state index < -0.39 is 0 Å². The molecule has 0 radical (unpaired) electrons. The van der Waals surface area contributed by atoms with Crippen LogP contribution in [0.25, 0.3) is 0 Å². The summed E-state index contributed by atoms with van der Waals surface area (Å²) >= 11 is 0. The number of hydrogen-bond donors (Lipinski definition) is 1. The quantitative estimate of drug-likeness (QED) is 0.846. The van der Waals surface area contributed by atoms with Gasteiger partial charge >= 0.3 is 0 Å². The third kappa shape index (κ3) is 3.92. The molecule has 21 heavy (non-hydrogen) atoms. The molecule has 2 N–H and O–H groups in total. The van der Waals surface area contributed by atoms with E-state index in [1.807, 2.05) is 25.1 Å². The van der Waals surface area contributed by atoms with E-state index in [1.165, 1.54) is 11.9 Å². The lowest BCUT2D eigenvalue weighted by atomic mass is 10.1. The van der Waals surface area contributed by atoms with Gasteiger partial charge in [-0.05, 0) is 25.0 Å². The number of ether oxygens (including phenoxy) is 1. The first-order valence-corrected chi connectivity index (χ1v) is 7.25. The fourth-order valence-electron chi connectivity index (χ4n) is 2.20. The van der Waals surface area contributed by atoms with E-state index in [0.717, 1.165) is 24.5 Å². The van der Waals surface area contributed by atoms with Crippen LogP contribution in [0.1, 0.15) is 25.0 Å². The molecule has 0 aliphatic heterocycles. The van der Waals surface area contributed by atoms with Gasteiger partial charge in [-0.2, -0.15) is 0 Å². The van der Waals surface area contributed by atoms with E-state index in [4.69, 9.17) is 10.5 Å². The number of benzene rings is 1. The van der Waals surface area contributed by atoms with Gasteiger partial charge in [-0.25, -0.2) is 9.97 Å². The van der Waals surface area contributed by atoms with Crippen LogP contribution in [-0.2, 0) is 13.1 Å². The summed E-state index contributed by atoms with van der Waals surface area (Å²) in [6, 6.07) is 10.1. The van der Waals surface area contributed by atoms with Gasteiger partial charge in [0.25, 0.3) is 0 Å². The lowest BCUT2D eigenvalue weighted by molar-refractivity contribution is 0.326. The zero-order chi connectivity index (χ0) is 15.1. The van der Waals surface area contributed by atoms with Crippen LogP contribution in [0, 0.1) is 0 Å². The van der Waals surface area contributed by atoms with Gasteiger partial charge in [0.2, 0.25) is 5.88 Å². The van der Waals surface area contributed by atoms with Crippen molar-refractivity contribution in [3.8, 4) is 5.88 Å². The SMILES string of the molecule is CCOc1cc(N(CC)Cc2ccccc2CN)ncn1. The summed E-state index contributed by atoms with van der Waals surface area (Å²) < 4.78 is 5.44. The molecule has 0 aliphatic rings. The van der Waals surface area contributed by atoms with Crippen molar-refractivity contribution in [2.75, 3.05) is 18.1 Å². The molecule has 0 bridgehead atoms. The summed E-state index contributed by atoms with van der Waals surface area (Å²) in [5, 5.41) is 0. The van der Waals surface area contributed by atoms with Gasteiger partial charge in [-0.1, -0.05) is 24.3 Å². The lowest BCUT2D eigenvalue weighted by Gasteiger charge is -2.23. The maximum Gasteiger partial charge on any atom is 0.218 e. The number of nitrogens with zero attached hydrogens (tertiary/aromatic N) is 3. The fraction of sp³-hybridized carbons (Fsp3) is 0.375. The van der Waals surface area contributed by atoms with Gasteiger partial charge in [0.1, 0.15) is 12.1 Å². The predicted octanol–water partition coefficient (Wildman–Crippen LogP) is 2.36. The number of aromatic nitrogens is 2. The third-order valence-electron chi connectivity index (χ3n) is 3.32. The van der Waals surface area contributed by atoms with Crippen LogP contribution in [0.3, 0.4) is 0 Å². The van der Waals surface area contributed by atoms with Crippen molar-refractivity contribution < 1.29 is 4.74 Å². The average molecular weight is 286 g/mol. The van der Waals surface area contributed by atoms with Crippen molar-refractivity contribution in [2.24, 2.45) is 5.73 Å². The minimum atomic E-state index is 0.543. The molecule has 0 spiro atoms. The number of hydrogen-bond acceptors (Lipinski definition) is 5. The monoisotopic (exact) mass is 286 g/mol. The summed E-state index contributed by atoms with van der Waals surface area (Å²) in [4.78, 5) is 10.6. The molecule has 1 aromatic heterocycles. The standard InChI is InChI=1S/C16H22N4O/c1-3-20(11-14-8-6-5-7-13(14)10-17)15-9-16(21-4-2)19-12-18-15/h5-9,12H,3-4,10-11,17H2,1-2H3. The Balaban J connectivity index is 2.21. The largest absolute Gasteiger partial charge is 0.478 e. The maximum atomic E-state index is 5.81. The lowest BCUT2D eigenvalue weighted by Crippen LogP contribution is -2.24. The minimum Gasteiger partial charge on any atom is -0.478 e. The van der Waals surface area contributed by atoms with Crippen molar-refractivity contribution in [3.63, 3.8) is 0 Å². The summed E-state index contributed by atoms with van der Waals surface area (Å²) in [6.07, 6.45) is 1.54.